The Hall–Kier alpha value is -1.25. The largest absolute Gasteiger partial charge is 0.349 e. The molecule has 0 aliphatic carbocycles. The van der Waals surface area contributed by atoms with Crippen molar-refractivity contribution in [3.8, 4) is 0 Å². The van der Waals surface area contributed by atoms with Crippen molar-refractivity contribution in [1.82, 2.24) is 14.6 Å². The third-order valence-corrected chi connectivity index (χ3v) is 2.07. The molecule has 3 nitrogen and oxygen atoms in total. The van der Waals surface area contributed by atoms with Gasteiger partial charge in [0, 0.05) is 32.5 Å². The Kier molecular flexibility index (Phi) is 2.31. The van der Waals surface area contributed by atoms with Gasteiger partial charge in [-0.05, 0) is 12.3 Å². The fourth-order valence-corrected chi connectivity index (χ4v) is 1.47. The van der Waals surface area contributed by atoms with Gasteiger partial charge < -0.3 is 4.98 Å². The summed E-state index contributed by atoms with van der Waals surface area (Å²) < 4.78 is 1.77. The Morgan fingerprint density at radius 3 is 3.14 bits per heavy atom. The molecule has 3 aromatic rings. The minimum absolute atomic E-state index is 0. The number of nitrogens with zero attached hydrogens (tertiary/aromatic N) is 3. The summed E-state index contributed by atoms with van der Waals surface area (Å²) >= 11 is 0. The molecule has 0 saturated heterocycles. The number of pyridine rings is 2. The molecule has 0 unspecified atom stereocenters. The SMILES string of the molecule is [Ir].[c-]1cnn2ccc3cccnc3c12. The van der Waals surface area contributed by atoms with Crippen LogP contribution >= 0.6 is 0 Å². The predicted octanol–water partition coefficient (Wildman–Crippen LogP) is 1.68. The van der Waals surface area contributed by atoms with E-state index in [0.29, 0.717) is 0 Å². The molecule has 0 aliphatic rings. The zero-order valence-electron chi connectivity index (χ0n) is 7.14. The van der Waals surface area contributed by atoms with Gasteiger partial charge in [-0.25, -0.2) is 6.07 Å². The molecule has 4 heteroatoms. The molecule has 1 radical (unpaired) electrons. The molecule has 3 rings (SSSR count). The van der Waals surface area contributed by atoms with Crippen LogP contribution in [0, 0.1) is 6.07 Å². The van der Waals surface area contributed by atoms with Crippen LogP contribution in [0.3, 0.4) is 0 Å². The predicted molar refractivity (Wildman–Crippen MR) is 49.3 cm³/mol. The molecular formula is C10H6IrN3-. The minimum Gasteiger partial charge on any atom is -0.349 e. The van der Waals surface area contributed by atoms with Crippen LogP contribution in [0.5, 0.6) is 0 Å². The van der Waals surface area contributed by atoms with E-state index in [-0.39, 0.29) is 20.1 Å². The summed E-state index contributed by atoms with van der Waals surface area (Å²) in [6, 6.07) is 9.00. The molecule has 0 aromatic carbocycles. The Bertz CT molecular complexity index is 573. The summed E-state index contributed by atoms with van der Waals surface area (Å²) in [6.07, 6.45) is 5.35. The molecule has 0 atom stereocenters. The summed E-state index contributed by atoms with van der Waals surface area (Å²) in [4.78, 5) is 4.29. The van der Waals surface area contributed by atoms with E-state index in [1.54, 1.807) is 16.9 Å². The number of fused-ring (bicyclic) bond motifs is 3. The molecule has 14 heavy (non-hydrogen) atoms. The van der Waals surface area contributed by atoms with E-state index in [1.165, 1.54) is 0 Å². The summed E-state index contributed by atoms with van der Waals surface area (Å²) in [7, 11) is 0. The van der Waals surface area contributed by atoms with E-state index >= 15 is 0 Å². The Morgan fingerprint density at radius 1 is 1.29 bits per heavy atom. The van der Waals surface area contributed by atoms with Gasteiger partial charge in [-0.3, -0.25) is 4.52 Å². The first-order valence-electron chi connectivity index (χ1n) is 4.04. The van der Waals surface area contributed by atoms with Crippen molar-refractivity contribution in [3.05, 3.63) is 42.9 Å². The molecule has 0 spiro atoms. The van der Waals surface area contributed by atoms with Crippen LogP contribution < -0.4 is 0 Å². The normalized spacial score (nSPS) is 10.3. The maximum absolute atomic E-state index is 4.29. The number of hydrogen-bond donors (Lipinski definition) is 0. The molecule has 3 heterocycles. The smallest absolute Gasteiger partial charge is 0.0246 e. The van der Waals surface area contributed by atoms with Crippen LogP contribution in [0.1, 0.15) is 0 Å². The van der Waals surface area contributed by atoms with Gasteiger partial charge in [0.2, 0.25) is 0 Å². The molecular weight excluding hydrogens is 354 g/mol. The standard InChI is InChI=1S/C10H6N3.Ir/c1-2-8-4-7-13-9(3-6-12-13)10(8)11-5-1;/h1-2,4-7H;/q-1;. The molecule has 0 saturated carbocycles. The zero-order valence-corrected chi connectivity index (χ0v) is 9.53. The van der Waals surface area contributed by atoms with Gasteiger partial charge in [-0.15, -0.1) is 0 Å². The summed E-state index contributed by atoms with van der Waals surface area (Å²) in [5.74, 6) is 0. The molecule has 0 aliphatic heterocycles. The second kappa shape index (κ2) is 3.48. The molecule has 0 N–H and O–H groups in total. The third kappa shape index (κ3) is 1.24. The zero-order chi connectivity index (χ0) is 8.67. The van der Waals surface area contributed by atoms with Crippen LogP contribution in [-0.2, 0) is 20.1 Å². The number of hydrogen-bond acceptors (Lipinski definition) is 2. The molecule has 0 amide bonds. The van der Waals surface area contributed by atoms with Crippen LogP contribution in [-0.4, -0.2) is 14.6 Å². The Morgan fingerprint density at radius 2 is 2.21 bits per heavy atom. The first kappa shape index (κ1) is 9.31. The fraction of sp³-hybridized carbons (Fsp3) is 0. The van der Waals surface area contributed by atoms with Crippen LogP contribution in [0.15, 0.2) is 36.8 Å². The number of aromatic nitrogens is 3. The average molecular weight is 360 g/mol. The second-order valence-electron chi connectivity index (χ2n) is 2.84. The van der Waals surface area contributed by atoms with Gasteiger partial charge >= 0.3 is 0 Å². The molecule has 0 bridgehead atoms. The van der Waals surface area contributed by atoms with E-state index in [1.807, 2.05) is 24.4 Å². The van der Waals surface area contributed by atoms with Gasteiger partial charge in [0.1, 0.15) is 0 Å². The van der Waals surface area contributed by atoms with E-state index in [9.17, 15) is 0 Å². The van der Waals surface area contributed by atoms with Crippen LogP contribution in [0.2, 0.25) is 0 Å². The van der Waals surface area contributed by atoms with Crippen molar-refractivity contribution in [1.29, 1.82) is 0 Å². The first-order valence-corrected chi connectivity index (χ1v) is 4.04. The van der Waals surface area contributed by atoms with Crippen LogP contribution in [0.4, 0.5) is 0 Å². The maximum Gasteiger partial charge on any atom is 0.0246 e. The molecule has 71 valence electrons. The van der Waals surface area contributed by atoms with Crippen LogP contribution in [0.25, 0.3) is 16.4 Å². The number of rotatable bonds is 0. The summed E-state index contributed by atoms with van der Waals surface area (Å²) in [5, 5.41) is 5.21. The topological polar surface area (TPSA) is 30.2 Å². The van der Waals surface area contributed by atoms with E-state index in [0.717, 1.165) is 16.4 Å². The van der Waals surface area contributed by atoms with Gasteiger partial charge in [0.25, 0.3) is 0 Å². The van der Waals surface area contributed by atoms with Gasteiger partial charge in [0.05, 0.1) is 0 Å². The Labute approximate surface area is 94.1 Å². The van der Waals surface area contributed by atoms with Crippen molar-refractivity contribution in [3.63, 3.8) is 0 Å². The monoisotopic (exact) mass is 361 g/mol. The van der Waals surface area contributed by atoms with Crippen molar-refractivity contribution in [2.75, 3.05) is 0 Å². The minimum atomic E-state index is 0. The van der Waals surface area contributed by atoms with E-state index < -0.39 is 0 Å². The van der Waals surface area contributed by atoms with Crippen molar-refractivity contribution < 1.29 is 20.1 Å². The summed E-state index contributed by atoms with van der Waals surface area (Å²) in [5.41, 5.74) is 1.88. The quantitative estimate of drug-likeness (QED) is 0.571. The first-order chi connectivity index (χ1) is 6.45. The van der Waals surface area contributed by atoms with E-state index in [4.69, 9.17) is 0 Å². The second-order valence-corrected chi connectivity index (χ2v) is 2.84. The molecule has 0 fully saturated rings. The third-order valence-electron chi connectivity index (χ3n) is 2.07. The van der Waals surface area contributed by atoms with Gasteiger partial charge in [0.15, 0.2) is 0 Å². The van der Waals surface area contributed by atoms with Crippen molar-refractivity contribution in [2.24, 2.45) is 0 Å². The molecule has 3 aromatic heterocycles. The van der Waals surface area contributed by atoms with Crippen molar-refractivity contribution in [2.45, 2.75) is 0 Å². The maximum atomic E-state index is 4.29. The van der Waals surface area contributed by atoms with Gasteiger partial charge in [-0.2, -0.15) is 5.10 Å². The Balaban J connectivity index is 0.000000750. The summed E-state index contributed by atoms with van der Waals surface area (Å²) in [6.45, 7) is 0. The fourth-order valence-electron chi connectivity index (χ4n) is 1.47. The van der Waals surface area contributed by atoms with Gasteiger partial charge in [-0.1, -0.05) is 28.6 Å². The average Bonchev–Trinajstić information content (AvgIpc) is 2.65. The van der Waals surface area contributed by atoms with E-state index in [2.05, 4.69) is 16.1 Å². The van der Waals surface area contributed by atoms with Crippen molar-refractivity contribution >= 4 is 16.4 Å².